The Hall–Kier alpha value is -4.72. The molecule has 4 aromatic rings. The molecule has 0 saturated heterocycles. The van der Waals surface area contributed by atoms with Gasteiger partial charge in [0.15, 0.2) is 0 Å². The summed E-state index contributed by atoms with van der Waals surface area (Å²) in [6.45, 7) is 5.20. The van der Waals surface area contributed by atoms with Gasteiger partial charge in [-0.2, -0.15) is 4.57 Å². The average molecular weight is 481 g/mol. The molecular weight excluding hydrogens is 456 g/mol. The first-order valence-corrected chi connectivity index (χ1v) is 11.4. The molecule has 180 valence electrons. The summed E-state index contributed by atoms with van der Waals surface area (Å²) in [5.41, 5.74) is 2.64. The fraction of sp³-hybridized carbons (Fsp3) is 0.143. The Morgan fingerprint density at radius 1 is 1.08 bits per heavy atom. The van der Waals surface area contributed by atoms with Crippen LogP contribution < -0.4 is 5.56 Å². The molecule has 1 aliphatic rings. The predicted molar refractivity (Wildman–Crippen MR) is 141 cm³/mol. The molecule has 3 heterocycles. The molecule has 8 nitrogen and oxygen atoms in total. The van der Waals surface area contributed by atoms with Gasteiger partial charge in [-0.15, -0.1) is 0 Å². The highest BCUT2D eigenvalue weighted by molar-refractivity contribution is 6.21. The Bertz CT molecular complexity index is 1650. The van der Waals surface area contributed by atoms with Gasteiger partial charge in [0.1, 0.15) is 17.1 Å². The molecule has 2 N–H and O–H groups in total. The lowest BCUT2D eigenvalue weighted by Crippen LogP contribution is -2.27. The summed E-state index contributed by atoms with van der Waals surface area (Å²) in [5.74, 6) is -0.258. The normalized spacial score (nSPS) is 14.1. The second-order valence-corrected chi connectivity index (χ2v) is 9.34. The topological polar surface area (TPSA) is 110 Å². The lowest BCUT2D eigenvalue weighted by molar-refractivity contribution is 0.0524. The second-order valence-electron chi connectivity index (χ2n) is 9.34. The van der Waals surface area contributed by atoms with E-state index in [0.717, 1.165) is 32.3 Å². The van der Waals surface area contributed by atoms with Crippen LogP contribution in [0.1, 0.15) is 43.4 Å². The van der Waals surface area contributed by atoms with Crippen molar-refractivity contribution >= 4 is 52.7 Å². The second kappa shape index (κ2) is 8.81. The fourth-order valence-electron chi connectivity index (χ4n) is 3.90. The molecule has 36 heavy (non-hydrogen) atoms. The lowest BCUT2D eigenvalue weighted by atomic mass is 10.1. The van der Waals surface area contributed by atoms with E-state index in [9.17, 15) is 14.7 Å². The van der Waals surface area contributed by atoms with Crippen LogP contribution >= 0.6 is 0 Å². The highest BCUT2D eigenvalue weighted by Crippen LogP contribution is 2.34. The Kier molecular flexibility index (Phi) is 5.64. The maximum absolute atomic E-state index is 13.0. The largest absolute Gasteiger partial charge is 0.493 e. The number of aromatic hydroxyl groups is 1. The molecule has 0 bridgehead atoms. The molecule has 0 saturated carbocycles. The van der Waals surface area contributed by atoms with Gasteiger partial charge in [-0.25, -0.2) is 9.78 Å². The predicted octanol–water partition coefficient (Wildman–Crippen LogP) is 5.64. The lowest BCUT2D eigenvalue weighted by Gasteiger charge is -2.20. The quantitative estimate of drug-likeness (QED) is 0.394. The Balaban J connectivity index is 1.59. The van der Waals surface area contributed by atoms with Gasteiger partial charge in [0.05, 0.1) is 5.69 Å². The number of fused-ring (bicyclic) bond motifs is 2. The van der Waals surface area contributed by atoms with Crippen LogP contribution in [0.2, 0.25) is 0 Å². The number of aromatic amines is 1. The Morgan fingerprint density at radius 3 is 2.64 bits per heavy atom. The van der Waals surface area contributed by atoms with E-state index in [1.165, 1.54) is 6.08 Å². The SMILES string of the molecule is CC(C)(C)OC(=O)n1c(/C=C/c2cc3ccccc3[nH]c2=O)nc(/C=C2/C=Nc3ccccc32)c1O. The van der Waals surface area contributed by atoms with Crippen molar-refractivity contribution in [1.82, 2.24) is 14.5 Å². The van der Waals surface area contributed by atoms with Crippen molar-refractivity contribution in [2.24, 2.45) is 4.99 Å². The van der Waals surface area contributed by atoms with Crippen LogP contribution in [0.4, 0.5) is 10.5 Å². The highest BCUT2D eigenvalue weighted by atomic mass is 16.6. The summed E-state index contributed by atoms with van der Waals surface area (Å²) in [7, 11) is 0. The number of ether oxygens (including phenoxy) is 1. The summed E-state index contributed by atoms with van der Waals surface area (Å²) in [5, 5.41) is 11.8. The molecule has 1 aliphatic heterocycles. The molecule has 0 unspecified atom stereocenters. The van der Waals surface area contributed by atoms with Gasteiger partial charge >= 0.3 is 6.09 Å². The van der Waals surface area contributed by atoms with Crippen molar-refractivity contribution in [3.63, 3.8) is 0 Å². The molecule has 0 aliphatic carbocycles. The molecule has 2 aromatic heterocycles. The van der Waals surface area contributed by atoms with Crippen LogP contribution in [0, 0.1) is 0 Å². The number of hydrogen-bond acceptors (Lipinski definition) is 6. The van der Waals surface area contributed by atoms with E-state index in [4.69, 9.17) is 4.74 Å². The number of para-hydroxylation sites is 2. The molecular formula is C28H24N4O4. The van der Waals surface area contributed by atoms with Gasteiger partial charge in [-0.05, 0) is 62.6 Å². The number of carbonyl (C=O) groups excluding carboxylic acids is 1. The van der Waals surface area contributed by atoms with Gasteiger partial charge in [-0.1, -0.05) is 36.4 Å². The average Bonchev–Trinajstić information content (AvgIpc) is 3.37. The zero-order chi connectivity index (χ0) is 25.4. The maximum atomic E-state index is 13.0. The third-order valence-electron chi connectivity index (χ3n) is 5.53. The number of benzene rings is 2. The minimum atomic E-state index is -0.792. The van der Waals surface area contributed by atoms with Gasteiger partial charge in [0.2, 0.25) is 5.88 Å². The summed E-state index contributed by atoms with van der Waals surface area (Å²) < 4.78 is 6.48. The van der Waals surface area contributed by atoms with Crippen LogP contribution in [-0.2, 0) is 4.74 Å². The van der Waals surface area contributed by atoms with E-state index >= 15 is 0 Å². The van der Waals surface area contributed by atoms with Crippen molar-refractivity contribution in [1.29, 1.82) is 0 Å². The third-order valence-corrected chi connectivity index (χ3v) is 5.53. The Labute approximate surface area is 206 Å². The summed E-state index contributed by atoms with van der Waals surface area (Å²) >= 11 is 0. The molecule has 0 atom stereocenters. The number of nitrogens with one attached hydrogen (secondary N) is 1. The fourth-order valence-corrected chi connectivity index (χ4v) is 3.90. The monoisotopic (exact) mass is 480 g/mol. The minimum Gasteiger partial charge on any atom is -0.493 e. The van der Waals surface area contributed by atoms with Crippen LogP contribution in [0.5, 0.6) is 5.88 Å². The first-order valence-electron chi connectivity index (χ1n) is 11.4. The zero-order valence-electron chi connectivity index (χ0n) is 20.0. The van der Waals surface area contributed by atoms with Gasteiger partial charge < -0.3 is 14.8 Å². The number of aliphatic imine (C=N–C) groups is 1. The molecule has 0 amide bonds. The Morgan fingerprint density at radius 2 is 1.83 bits per heavy atom. The highest BCUT2D eigenvalue weighted by Gasteiger charge is 2.25. The summed E-state index contributed by atoms with van der Waals surface area (Å²) in [4.78, 5) is 37.3. The number of rotatable bonds is 3. The molecule has 5 rings (SSSR count). The van der Waals surface area contributed by atoms with Crippen LogP contribution in [0.25, 0.3) is 34.7 Å². The van der Waals surface area contributed by atoms with E-state index in [1.807, 2.05) is 48.5 Å². The minimum absolute atomic E-state index is 0.115. The first kappa shape index (κ1) is 23.0. The number of nitrogens with zero attached hydrogens (tertiary/aromatic N) is 3. The van der Waals surface area contributed by atoms with Crippen LogP contribution in [0.15, 0.2) is 64.4 Å². The standard InChI is InChI=1S/C28H24N4O4/c1-28(2,3)36-27(35)32-24(13-12-18-14-17-8-4-6-10-21(17)31-25(18)33)30-23(26(32)34)15-19-16-29-22-11-7-5-9-20(19)22/h4-16,34H,1-3H3,(H,31,33)/b13-12+,19-15-. The number of H-pyrrole nitrogens is 1. The number of carbonyl (C=O) groups is 1. The molecule has 0 radical (unpaired) electrons. The number of allylic oxidation sites excluding steroid dienone is 1. The van der Waals surface area contributed by atoms with E-state index in [1.54, 1.807) is 45.2 Å². The number of pyridine rings is 1. The number of hydrogen-bond donors (Lipinski definition) is 2. The third kappa shape index (κ3) is 4.48. The van der Waals surface area contributed by atoms with E-state index in [0.29, 0.717) is 5.56 Å². The zero-order valence-corrected chi connectivity index (χ0v) is 20.0. The van der Waals surface area contributed by atoms with Gasteiger partial charge in [-0.3, -0.25) is 9.79 Å². The van der Waals surface area contributed by atoms with Crippen molar-refractivity contribution in [2.45, 2.75) is 26.4 Å². The van der Waals surface area contributed by atoms with Crippen LogP contribution in [-0.4, -0.2) is 37.6 Å². The summed E-state index contributed by atoms with van der Waals surface area (Å²) in [6, 6.07) is 16.8. The number of aromatic nitrogens is 3. The summed E-state index contributed by atoms with van der Waals surface area (Å²) in [6.07, 6.45) is 5.61. The van der Waals surface area contributed by atoms with Crippen molar-refractivity contribution < 1.29 is 14.6 Å². The smallest absolute Gasteiger partial charge is 0.423 e. The molecule has 0 spiro atoms. The van der Waals surface area contributed by atoms with Crippen molar-refractivity contribution in [3.8, 4) is 5.88 Å². The van der Waals surface area contributed by atoms with E-state index < -0.39 is 11.7 Å². The van der Waals surface area contributed by atoms with Crippen LogP contribution in [0.3, 0.4) is 0 Å². The number of imidazole rings is 1. The van der Waals surface area contributed by atoms with E-state index in [-0.39, 0.29) is 23.0 Å². The molecule has 2 aromatic carbocycles. The van der Waals surface area contributed by atoms with E-state index in [2.05, 4.69) is 15.0 Å². The molecule has 8 heteroatoms. The van der Waals surface area contributed by atoms with Crippen molar-refractivity contribution in [2.75, 3.05) is 0 Å². The maximum Gasteiger partial charge on any atom is 0.423 e. The van der Waals surface area contributed by atoms with Gasteiger partial charge in [0, 0.05) is 28.4 Å². The van der Waals surface area contributed by atoms with Gasteiger partial charge in [0.25, 0.3) is 5.56 Å². The molecule has 0 fully saturated rings. The first-order chi connectivity index (χ1) is 17.2. The van der Waals surface area contributed by atoms with Crippen molar-refractivity contribution in [3.05, 3.63) is 87.6 Å².